The molecule has 0 bridgehead atoms. The van der Waals surface area contributed by atoms with Gasteiger partial charge in [0.25, 0.3) is 17.4 Å². The van der Waals surface area contributed by atoms with E-state index in [1.54, 1.807) is 0 Å². The first-order valence-electron chi connectivity index (χ1n) is 9.16. The van der Waals surface area contributed by atoms with Crippen LogP contribution in [0.4, 0.5) is 17.6 Å². The number of alkyl halides is 3. The van der Waals surface area contributed by atoms with Crippen LogP contribution in [0.2, 0.25) is 0 Å². The van der Waals surface area contributed by atoms with Gasteiger partial charge in [0.1, 0.15) is 11.5 Å². The molecule has 0 saturated carbocycles. The largest absolute Gasteiger partial charge is 0.502 e. The second-order valence-electron chi connectivity index (χ2n) is 7.40. The average Bonchev–Trinajstić information content (AvgIpc) is 2.68. The molecular weight excluding hydrogens is 422 g/mol. The van der Waals surface area contributed by atoms with Crippen molar-refractivity contribution in [3.05, 3.63) is 62.3 Å². The van der Waals surface area contributed by atoms with Crippen molar-refractivity contribution < 1.29 is 32.3 Å². The van der Waals surface area contributed by atoms with Crippen molar-refractivity contribution in [3.63, 3.8) is 0 Å². The van der Waals surface area contributed by atoms with Crippen molar-refractivity contribution in [2.75, 3.05) is 20.6 Å². The summed E-state index contributed by atoms with van der Waals surface area (Å²) >= 11 is 0. The Balaban J connectivity index is 2.04. The highest BCUT2D eigenvalue weighted by atomic mass is 19.4. The van der Waals surface area contributed by atoms with Gasteiger partial charge in [0, 0.05) is 39.8 Å². The minimum atomic E-state index is -4.90. The summed E-state index contributed by atoms with van der Waals surface area (Å²) in [5.74, 6) is -3.61. The van der Waals surface area contributed by atoms with E-state index in [-0.39, 0.29) is 41.9 Å². The smallest absolute Gasteiger partial charge is 0.419 e. The zero-order valence-corrected chi connectivity index (χ0v) is 16.9. The van der Waals surface area contributed by atoms with Gasteiger partial charge in [-0.25, -0.2) is 4.39 Å². The van der Waals surface area contributed by atoms with Gasteiger partial charge in [-0.1, -0.05) is 6.07 Å². The maximum absolute atomic E-state index is 13.5. The van der Waals surface area contributed by atoms with Crippen LogP contribution < -0.4 is 5.56 Å². The molecule has 1 aromatic heterocycles. The molecule has 2 aromatic rings. The van der Waals surface area contributed by atoms with Crippen LogP contribution in [0.25, 0.3) is 0 Å². The molecule has 2 amide bonds. The molecule has 1 aromatic carbocycles. The Morgan fingerprint density at radius 3 is 2.45 bits per heavy atom. The quantitative estimate of drug-likeness (QED) is 0.741. The molecule has 11 heteroatoms. The fraction of sp³-hybridized carbons (Fsp3) is 0.350. The van der Waals surface area contributed by atoms with Crippen molar-refractivity contribution in [1.29, 1.82) is 0 Å². The fourth-order valence-electron chi connectivity index (χ4n) is 3.55. The summed E-state index contributed by atoms with van der Waals surface area (Å²) in [6, 6.07) is 2.41. The number of hydrogen-bond donors (Lipinski definition) is 1. The fourth-order valence-corrected chi connectivity index (χ4v) is 3.55. The summed E-state index contributed by atoms with van der Waals surface area (Å²) in [4.78, 5) is 40.3. The number of aromatic nitrogens is 1. The third-order valence-corrected chi connectivity index (χ3v) is 5.12. The SMILES string of the molecule is CN(C)C(=O)c1c2c(c(O)c(=O)n1C)C(=O)N(Cc1ccc(F)c(C(F)(F)F)c1)CC2. The van der Waals surface area contributed by atoms with Crippen molar-refractivity contribution in [3.8, 4) is 5.75 Å². The average molecular weight is 441 g/mol. The third-order valence-electron chi connectivity index (χ3n) is 5.12. The summed E-state index contributed by atoms with van der Waals surface area (Å²) in [5, 5.41) is 10.3. The maximum atomic E-state index is 13.5. The molecule has 0 unspecified atom stereocenters. The molecular formula is C20H19F4N3O4. The number of hydrogen-bond acceptors (Lipinski definition) is 4. The first kappa shape index (κ1) is 22.3. The predicted octanol–water partition coefficient (Wildman–Crippen LogP) is 2.15. The van der Waals surface area contributed by atoms with E-state index in [0.29, 0.717) is 12.1 Å². The normalized spacial score (nSPS) is 13.9. The van der Waals surface area contributed by atoms with E-state index in [0.717, 1.165) is 15.5 Å². The van der Waals surface area contributed by atoms with E-state index in [4.69, 9.17) is 0 Å². The number of benzene rings is 1. The molecule has 1 N–H and O–H groups in total. The molecule has 0 atom stereocenters. The van der Waals surface area contributed by atoms with Crippen LogP contribution in [0.5, 0.6) is 5.75 Å². The Bertz CT molecular complexity index is 1140. The summed E-state index contributed by atoms with van der Waals surface area (Å²) in [7, 11) is 4.23. The Labute approximate surface area is 174 Å². The van der Waals surface area contributed by atoms with Crippen molar-refractivity contribution in [1.82, 2.24) is 14.4 Å². The lowest BCUT2D eigenvalue weighted by molar-refractivity contribution is -0.140. The van der Waals surface area contributed by atoms with Crippen molar-refractivity contribution in [2.45, 2.75) is 19.1 Å². The molecule has 1 aliphatic heterocycles. The van der Waals surface area contributed by atoms with Gasteiger partial charge in [-0.05, 0) is 24.1 Å². The number of carbonyl (C=O) groups is 2. The minimum absolute atomic E-state index is 0.0237. The molecule has 0 saturated heterocycles. The van der Waals surface area contributed by atoms with Gasteiger partial charge in [-0.15, -0.1) is 0 Å². The Hall–Kier alpha value is -3.37. The number of amides is 2. The van der Waals surface area contributed by atoms with Crippen LogP contribution in [0.1, 0.15) is 37.5 Å². The first-order valence-corrected chi connectivity index (χ1v) is 9.16. The van der Waals surface area contributed by atoms with Gasteiger partial charge in [0.05, 0.1) is 11.1 Å². The maximum Gasteiger partial charge on any atom is 0.419 e. The number of rotatable bonds is 3. The van der Waals surface area contributed by atoms with Gasteiger partial charge in [-0.3, -0.25) is 14.4 Å². The van der Waals surface area contributed by atoms with E-state index in [2.05, 4.69) is 0 Å². The lowest BCUT2D eigenvalue weighted by Gasteiger charge is -2.31. The van der Waals surface area contributed by atoms with Gasteiger partial charge < -0.3 is 19.5 Å². The van der Waals surface area contributed by atoms with Gasteiger partial charge in [0.15, 0.2) is 5.75 Å². The van der Waals surface area contributed by atoms with Crippen LogP contribution >= 0.6 is 0 Å². The van der Waals surface area contributed by atoms with E-state index in [1.165, 1.54) is 26.0 Å². The molecule has 2 heterocycles. The highest BCUT2D eigenvalue weighted by molar-refractivity contribution is 6.03. The Kier molecular flexibility index (Phi) is 5.55. The van der Waals surface area contributed by atoms with Crippen molar-refractivity contribution >= 4 is 11.8 Å². The number of pyridine rings is 1. The monoisotopic (exact) mass is 441 g/mol. The summed E-state index contributed by atoms with van der Waals surface area (Å²) in [6.45, 7) is -0.275. The number of aromatic hydroxyl groups is 1. The zero-order chi connectivity index (χ0) is 23.2. The van der Waals surface area contributed by atoms with Gasteiger partial charge >= 0.3 is 6.18 Å². The third kappa shape index (κ3) is 3.87. The van der Waals surface area contributed by atoms with Crippen LogP contribution in [0.3, 0.4) is 0 Å². The van der Waals surface area contributed by atoms with Gasteiger partial charge in [-0.2, -0.15) is 13.2 Å². The van der Waals surface area contributed by atoms with Crippen molar-refractivity contribution in [2.24, 2.45) is 7.05 Å². The summed E-state index contributed by atoms with van der Waals surface area (Å²) in [6.07, 6.45) is -4.81. The molecule has 7 nitrogen and oxygen atoms in total. The first-order chi connectivity index (χ1) is 14.3. The Morgan fingerprint density at radius 2 is 1.87 bits per heavy atom. The van der Waals surface area contributed by atoms with Crippen LogP contribution in [-0.2, 0) is 26.2 Å². The molecule has 0 radical (unpaired) electrons. The lowest BCUT2D eigenvalue weighted by atomic mass is 9.95. The molecule has 1 aliphatic rings. The highest BCUT2D eigenvalue weighted by Crippen LogP contribution is 2.33. The molecule has 0 aliphatic carbocycles. The molecule has 3 rings (SSSR count). The van der Waals surface area contributed by atoms with E-state index < -0.39 is 40.7 Å². The summed E-state index contributed by atoms with van der Waals surface area (Å²) < 4.78 is 53.4. The predicted molar refractivity (Wildman–Crippen MR) is 101 cm³/mol. The van der Waals surface area contributed by atoms with E-state index in [1.807, 2.05) is 0 Å². The standard InChI is InChI=1S/C20H19F4N3O4/c1-25(2)18(30)15-11-6-7-27(17(29)14(11)16(28)19(31)26(15)3)9-10-4-5-13(21)12(8-10)20(22,23)24/h4-5,8,28H,6-7,9H2,1-3H3. The van der Waals surface area contributed by atoms with E-state index >= 15 is 0 Å². The topological polar surface area (TPSA) is 82.9 Å². The van der Waals surface area contributed by atoms with E-state index in [9.17, 15) is 37.1 Å². The molecule has 0 spiro atoms. The van der Waals surface area contributed by atoms with Crippen LogP contribution in [0, 0.1) is 5.82 Å². The number of fused-ring (bicyclic) bond motifs is 1. The zero-order valence-electron chi connectivity index (χ0n) is 16.9. The number of halogens is 4. The molecule has 166 valence electrons. The highest BCUT2D eigenvalue weighted by Gasteiger charge is 2.36. The number of carbonyl (C=O) groups excluding carboxylic acids is 2. The Morgan fingerprint density at radius 1 is 1.23 bits per heavy atom. The molecule has 31 heavy (non-hydrogen) atoms. The lowest BCUT2D eigenvalue weighted by Crippen LogP contribution is -2.42. The van der Waals surface area contributed by atoms with Crippen LogP contribution in [-0.4, -0.2) is 51.9 Å². The second-order valence-corrected chi connectivity index (χ2v) is 7.40. The van der Waals surface area contributed by atoms with Crippen LogP contribution in [0.15, 0.2) is 23.0 Å². The second kappa shape index (κ2) is 7.71. The van der Waals surface area contributed by atoms with Gasteiger partial charge in [0.2, 0.25) is 0 Å². The molecule has 0 fully saturated rings. The minimum Gasteiger partial charge on any atom is -0.502 e. The summed E-state index contributed by atoms with van der Waals surface area (Å²) in [5.41, 5.74) is -2.58. The number of nitrogens with zero attached hydrogens (tertiary/aromatic N) is 3.